The highest BCUT2D eigenvalue weighted by molar-refractivity contribution is 8.27. The molecule has 0 fully saturated rings. The van der Waals surface area contributed by atoms with E-state index in [1.807, 2.05) is 0 Å². The van der Waals surface area contributed by atoms with Crippen molar-refractivity contribution >= 4 is 40.4 Å². The summed E-state index contributed by atoms with van der Waals surface area (Å²) in [5, 5.41) is 2.95. The van der Waals surface area contributed by atoms with E-state index in [0.717, 1.165) is 4.31 Å². The molecule has 0 atom stereocenters. The number of hydrogen-bond donors (Lipinski definition) is 3. The van der Waals surface area contributed by atoms with Gasteiger partial charge in [-0.25, -0.2) is 17.5 Å². The number of halogens is 4. The molecule has 1 aliphatic rings. The third kappa shape index (κ3) is 3.45. The number of rotatable bonds is 5. The molecule has 2 aromatic carbocycles. The smallest absolute Gasteiger partial charge is 0.154 e. The van der Waals surface area contributed by atoms with Gasteiger partial charge >= 0.3 is 0 Å². The Morgan fingerprint density at radius 3 is 2.19 bits per heavy atom. The lowest BCUT2D eigenvalue weighted by Crippen LogP contribution is -2.33. The largest absolute Gasteiger partial charge is 0.320 e. The van der Waals surface area contributed by atoms with Crippen molar-refractivity contribution in [3.05, 3.63) is 53.8 Å². The Morgan fingerprint density at radius 2 is 1.62 bits per heavy atom. The van der Waals surface area contributed by atoms with Gasteiger partial charge in [-0.2, -0.15) is 0 Å². The number of para-hydroxylation sites is 2. The highest BCUT2D eigenvalue weighted by atomic mass is 35.5. The average Bonchev–Trinajstić information content (AvgIpc) is 2.75. The first kappa shape index (κ1) is 20.7. The Bertz CT molecular complexity index is 774. The lowest BCUT2D eigenvalue weighted by molar-refractivity contribution is 0.479. The Morgan fingerprint density at radius 1 is 1.04 bits per heavy atom. The summed E-state index contributed by atoms with van der Waals surface area (Å²) in [5.41, 5.74) is 0.00283. The molecule has 2 aromatic rings. The van der Waals surface area contributed by atoms with E-state index in [2.05, 4.69) is 5.32 Å². The molecule has 144 valence electrons. The fourth-order valence-electron chi connectivity index (χ4n) is 2.82. The van der Waals surface area contributed by atoms with Gasteiger partial charge in [-0.05, 0) is 43.1 Å². The highest BCUT2D eigenvalue weighted by Gasteiger charge is 2.43. The lowest BCUT2D eigenvalue weighted by atomic mass is 10.2. The van der Waals surface area contributed by atoms with Gasteiger partial charge in [0.05, 0.1) is 11.4 Å². The number of benzene rings is 2. The fraction of sp³-hybridized carbons (Fsp3) is 0.250. The Kier molecular flexibility index (Phi) is 6.30. The molecule has 3 N–H and O–H groups in total. The lowest BCUT2D eigenvalue weighted by Gasteiger charge is -2.43. The van der Waals surface area contributed by atoms with Crippen LogP contribution >= 0.6 is 23.4 Å². The van der Waals surface area contributed by atoms with Gasteiger partial charge in [0.1, 0.15) is 11.5 Å². The van der Waals surface area contributed by atoms with Crippen LogP contribution in [0, 0.1) is 17.5 Å². The second-order valence-electron chi connectivity index (χ2n) is 5.55. The molecule has 3 rings (SSSR count). The zero-order valence-corrected chi connectivity index (χ0v) is 15.5. The second kappa shape index (κ2) is 7.93. The predicted molar refractivity (Wildman–Crippen MR) is 101 cm³/mol. The first-order valence-corrected chi connectivity index (χ1v) is 9.08. The van der Waals surface area contributed by atoms with Crippen molar-refractivity contribution in [2.45, 2.75) is 6.42 Å². The zero-order valence-electron chi connectivity index (χ0n) is 13.8. The van der Waals surface area contributed by atoms with E-state index >= 15 is 0 Å². The maximum atomic E-state index is 14.3. The zero-order chi connectivity index (χ0) is 18.2. The van der Waals surface area contributed by atoms with Crippen LogP contribution in [0.3, 0.4) is 0 Å². The molecule has 0 bridgehead atoms. The minimum absolute atomic E-state index is 0. The van der Waals surface area contributed by atoms with Crippen LogP contribution in [-0.4, -0.2) is 29.2 Å². The SMILES string of the molecule is CNCCCN1c2ccccc2N(c2c(F)cc(F)cc2F)S1(O)O.Cl. The molecule has 5 nitrogen and oxygen atoms in total. The van der Waals surface area contributed by atoms with Gasteiger partial charge in [-0.15, -0.1) is 12.4 Å². The molecule has 10 heteroatoms. The Hall–Kier alpha value is -1.65. The maximum Gasteiger partial charge on any atom is 0.154 e. The van der Waals surface area contributed by atoms with Gasteiger partial charge in [0.25, 0.3) is 0 Å². The van der Waals surface area contributed by atoms with Crippen LogP contribution in [0.25, 0.3) is 0 Å². The summed E-state index contributed by atoms with van der Waals surface area (Å²) in [5.74, 6) is -3.48. The average molecular weight is 410 g/mol. The predicted octanol–water partition coefficient (Wildman–Crippen LogP) is 4.67. The molecule has 0 aromatic heterocycles. The summed E-state index contributed by atoms with van der Waals surface area (Å²) in [6.45, 7) is 0.897. The van der Waals surface area contributed by atoms with Crippen molar-refractivity contribution in [1.29, 1.82) is 0 Å². The monoisotopic (exact) mass is 409 g/mol. The van der Waals surface area contributed by atoms with Gasteiger partial charge in [0, 0.05) is 18.7 Å². The third-order valence-corrected chi connectivity index (χ3v) is 5.72. The number of anilines is 3. The summed E-state index contributed by atoms with van der Waals surface area (Å²) in [4.78, 5) is 0. The van der Waals surface area contributed by atoms with Crippen molar-refractivity contribution in [1.82, 2.24) is 5.32 Å². The highest BCUT2D eigenvalue weighted by Crippen LogP contribution is 2.64. The molecule has 26 heavy (non-hydrogen) atoms. The van der Waals surface area contributed by atoms with Crippen LogP contribution in [0.4, 0.5) is 30.2 Å². The van der Waals surface area contributed by atoms with Crippen LogP contribution in [-0.2, 0) is 0 Å². The fourth-order valence-corrected chi connectivity index (χ4v) is 4.65. The molecule has 0 spiro atoms. The Balaban J connectivity index is 0.00000243. The van der Waals surface area contributed by atoms with Gasteiger partial charge in [-0.3, -0.25) is 13.4 Å². The molecular weight excluding hydrogens is 391 g/mol. The van der Waals surface area contributed by atoms with E-state index in [0.29, 0.717) is 30.8 Å². The number of nitrogens with one attached hydrogen (secondary N) is 1. The molecule has 0 unspecified atom stereocenters. The van der Waals surface area contributed by atoms with E-state index in [4.69, 9.17) is 0 Å². The molecule has 1 heterocycles. The topological polar surface area (TPSA) is 59.0 Å². The van der Waals surface area contributed by atoms with Crippen molar-refractivity contribution < 1.29 is 22.3 Å². The summed E-state index contributed by atoms with van der Waals surface area (Å²) < 4.78 is 65.4. The van der Waals surface area contributed by atoms with Gasteiger partial charge < -0.3 is 5.32 Å². The minimum atomic E-state index is -3.74. The molecular formula is C16H19ClF3N3O2S. The maximum absolute atomic E-state index is 14.3. The van der Waals surface area contributed by atoms with E-state index in [-0.39, 0.29) is 24.6 Å². The minimum Gasteiger partial charge on any atom is -0.320 e. The van der Waals surface area contributed by atoms with Gasteiger partial charge in [0.2, 0.25) is 0 Å². The summed E-state index contributed by atoms with van der Waals surface area (Å²) >= 11 is 0. The summed E-state index contributed by atoms with van der Waals surface area (Å²) in [7, 11) is -1.97. The van der Waals surface area contributed by atoms with Crippen LogP contribution < -0.4 is 13.9 Å². The van der Waals surface area contributed by atoms with Crippen LogP contribution in [0.1, 0.15) is 6.42 Å². The van der Waals surface area contributed by atoms with E-state index in [1.54, 1.807) is 25.2 Å². The third-order valence-electron chi connectivity index (χ3n) is 3.88. The first-order chi connectivity index (χ1) is 11.9. The van der Waals surface area contributed by atoms with Gasteiger partial charge in [-0.1, -0.05) is 12.1 Å². The quantitative estimate of drug-likeness (QED) is 0.626. The molecule has 1 aliphatic heterocycles. The summed E-state index contributed by atoms with van der Waals surface area (Å²) in [6.07, 6.45) is 0.586. The van der Waals surface area contributed by atoms with Crippen LogP contribution in [0.15, 0.2) is 36.4 Å². The molecule has 0 radical (unpaired) electrons. The number of hydrogen-bond acceptors (Lipinski definition) is 5. The van der Waals surface area contributed by atoms with Crippen molar-refractivity contribution in [2.75, 3.05) is 28.7 Å². The van der Waals surface area contributed by atoms with Crippen LogP contribution in [0.5, 0.6) is 0 Å². The summed E-state index contributed by atoms with van der Waals surface area (Å²) in [6, 6.07) is 7.52. The molecule has 0 aliphatic carbocycles. The van der Waals surface area contributed by atoms with Crippen molar-refractivity contribution in [2.24, 2.45) is 0 Å². The standard InChI is InChI=1S/C16H18F3N3O2S.ClH/c1-20-7-4-8-21-14-5-2-3-6-15(14)22(25(21,23)24)16-12(18)9-11(17)10-13(16)19;/h2-3,5-6,9-10,20,23-24H,4,7-8H2,1H3;1H. The van der Waals surface area contributed by atoms with E-state index < -0.39 is 34.1 Å². The first-order valence-electron chi connectivity index (χ1n) is 7.62. The van der Waals surface area contributed by atoms with Crippen molar-refractivity contribution in [3.8, 4) is 0 Å². The van der Waals surface area contributed by atoms with E-state index in [1.165, 1.54) is 10.4 Å². The number of nitrogens with zero attached hydrogens (tertiary/aromatic N) is 2. The normalized spacial score (nSPS) is 16.2. The van der Waals surface area contributed by atoms with Crippen LogP contribution in [0.2, 0.25) is 0 Å². The van der Waals surface area contributed by atoms with Gasteiger partial charge in [0.15, 0.2) is 11.6 Å². The molecule has 0 amide bonds. The van der Waals surface area contributed by atoms with E-state index in [9.17, 15) is 22.3 Å². The Labute approximate surface area is 157 Å². The van der Waals surface area contributed by atoms with Crippen molar-refractivity contribution in [3.63, 3.8) is 0 Å². The second-order valence-corrected chi connectivity index (χ2v) is 7.34. The molecule has 0 saturated heterocycles. The molecule has 0 saturated carbocycles. The number of fused-ring (bicyclic) bond motifs is 1.